The van der Waals surface area contributed by atoms with Crippen LogP contribution in [0, 0.1) is 12.8 Å². The van der Waals surface area contributed by atoms with Crippen LogP contribution in [0.2, 0.25) is 0 Å². The quantitative estimate of drug-likeness (QED) is 0.506. The summed E-state index contributed by atoms with van der Waals surface area (Å²) in [5.74, 6) is -0.714. The zero-order valence-electron chi connectivity index (χ0n) is 17.9. The zero-order valence-corrected chi connectivity index (χ0v) is 19.0. The van der Waals surface area contributed by atoms with Crippen molar-refractivity contribution < 1.29 is 19.2 Å². The summed E-state index contributed by atoms with van der Waals surface area (Å²) >= 11 is 2.17. The van der Waals surface area contributed by atoms with E-state index in [9.17, 15) is 14.7 Å². The fraction of sp³-hybridized carbons (Fsp3) is 0.476. The highest BCUT2D eigenvalue weighted by molar-refractivity contribution is 6.04. The van der Waals surface area contributed by atoms with Crippen LogP contribution in [0.4, 0.5) is 5.69 Å². The van der Waals surface area contributed by atoms with Crippen molar-refractivity contribution in [3.63, 3.8) is 0 Å². The molecule has 2 amide bonds. The number of amides is 2. The van der Waals surface area contributed by atoms with Gasteiger partial charge in [0.05, 0.1) is 17.5 Å². The van der Waals surface area contributed by atoms with Crippen LogP contribution >= 0.6 is 0 Å². The predicted octanol–water partition coefficient (Wildman–Crippen LogP) is 2.17. The third-order valence-corrected chi connectivity index (χ3v) is 5.42. The second-order valence-corrected chi connectivity index (χ2v) is 8.32. The van der Waals surface area contributed by atoms with Crippen molar-refractivity contribution in [2.75, 3.05) is 6.54 Å². The van der Waals surface area contributed by atoms with Gasteiger partial charge >= 0.3 is 16.5 Å². The molecular weight excluding hydrogens is 413 g/mol. The molecule has 1 saturated heterocycles. The summed E-state index contributed by atoms with van der Waals surface area (Å²) in [6.45, 7) is 6.02. The number of nitrogens with one attached hydrogen (secondary N) is 1. The molecule has 0 bridgehead atoms. The van der Waals surface area contributed by atoms with Crippen LogP contribution in [-0.2, 0) is 16.1 Å². The van der Waals surface area contributed by atoms with E-state index in [1.807, 2.05) is 38.1 Å². The van der Waals surface area contributed by atoms with Crippen LogP contribution in [0.1, 0.15) is 43.2 Å². The maximum absolute atomic E-state index is 13.4. The average molecular weight is 439 g/mol. The summed E-state index contributed by atoms with van der Waals surface area (Å²) in [5.41, 5.74) is 2.22. The fourth-order valence-corrected chi connectivity index (χ4v) is 3.99. The number of nitrogens with zero attached hydrogens (tertiary/aromatic N) is 4. The van der Waals surface area contributed by atoms with Crippen molar-refractivity contribution >= 4 is 34.0 Å². The van der Waals surface area contributed by atoms with E-state index in [1.165, 1.54) is 4.90 Å². The van der Waals surface area contributed by atoms with Gasteiger partial charge in [-0.05, 0) is 30.5 Å². The predicted molar refractivity (Wildman–Crippen MR) is 114 cm³/mol. The molecule has 2 radical (unpaired) electrons. The smallest absolute Gasteiger partial charge is 0.386 e. The van der Waals surface area contributed by atoms with E-state index in [0.29, 0.717) is 17.1 Å². The summed E-state index contributed by atoms with van der Waals surface area (Å²) in [5, 5.41) is 20.9. The first-order valence-corrected chi connectivity index (χ1v) is 10.7. The number of aliphatic hydroxyl groups excluding tert-OH is 1. The number of hydrogen-bond donors (Lipinski definition) is 2. The van der Waals surface area contributed by atoms with Gasteiger partial charge in [0.15, 0.2) is 0 Å². The lowest BCUT2D eigenvalue weighted by Crippen LogP contribution is -2.48. The molecule has 1 aliphatic rings. The van der Waals surface area contributed by atoms with Crippen LogP contribution in [0.5, 0.6) is 0 Å². The van der Waals surface area contributed by atoms with Crippen molar-refractivity contribution in [2.24, 2.45) is 15.1 Å². The van der Waals surface area contributed by atoms with Gasteiger partial charge in [-0.25, -0.2) is 0 Å². The number of carbonyl (C=O) groups excluding carboxylic acids is 2. The van der Waals surface area contributed by atoms with Gasteiger partial charge in [0, 0.05) is 25.6 Å². The van der Waals surface area contributed by atoms with Crippen molar-refractivity contribution in [1.82, 2.24) is 15.4 Å². The van der Waals surface area contributed by atoms with E-state index < -0.39 is 18.1 Å². The van der Waals surface area contributed by atoms with Crippen molar-refractivity contribution in [2.45, 2.75) is 51.8 Å². The third kappa shape index (κ3) is 5.58. The minimum Gasteiger partial charge on any atom is -0.391 e. The molecule has 1 aromatic carbocycles. The van der Waals surface area contributed by atoms with Crippen LogP contribution in [-0.4, -0.2) is 62.2 Å². The molecule has 1 aromatic heterocycles. The molecule has 31 heavy (non-hydrogen) atoms. The number of hydrogen-bond acceptors (Lipinski definition) is 7. The number of rotatable bonds is 7. The molecule has 10 heteroatoms. The van der Waals surface area contributed by atoms with Crippen molar-refractivity contribution in [3.05, 3.63) is 47.3 Å². The maximum Gasteiger partial charge on any atom is 0.386 e. The molecule has 0 unspecified atom stereocenters. The van der Waals surface area contributed by atoms with Crippen LogP contribution in [0.3, 0.4) is 0 Å². The molecule has 0 aliphatic carbocycles. The Morgan fingerprint density at radius 2 is 2.16 bits per heavy atom. The highest BCUT2D eigenvalue weighted by Crippen LogP contribution is 2.31. The van der Waals surface area contributed by atoms with Gasteiger partial charge in [-0.15, -0.1) is 0 Å². The molecule has 2 N–H and O–H groups in total. The Hall–Kier alpha value is -2.54. The number of β-amino-alcohol motifs (C(OH)–C–C–N with tert-alkyl or cyclic N) is 1. The van der Waals surface area contributed by atoms with E-state index in [2.05, 4.69) is 36.2 Å². The highest BCUT2D eigenvalue weighted by Gasteiger charge is 2.43. The molecule has 3 rings (SSSR count). The normalized spacial score (nSPS) is 19.8. The summed E-state index contributed by atoms with van der Waals surface area (Å²) < 4.78 is 9.02. The first-order valence-electron chi connectivity index (χ1n) is 10.2. The molecule has 2 aromatic rings. The van der Waals surface area contributed by atoms with Crippen LogP contribution < -0.4 is 5.32 Å². The lowest BCUT2D eigenvalue weighted by atomic mass is 9.91. The summed E-state index contributed by atoms with van der Waals surface area (Å²) in [6.07, 6.45) is -0.561. The van der Waals surface area contributed by atoms with Crippen molar-refractivity contribution in [3.8, 4) is 0 Å². The van der Waals surface area contributed by atoms with E-state index in [0.717, 1.165) is 5.56 Å². The van der Waals surface area contributed by atoms with Gasteiger partial charge in [0.1, 0.15) is 17.7 Å². The number of likely N-dealkylation sites (tertiary alicyclic amines) is 1. The molecule has 1 fully saturated rings. The number of aryl methyl sites for hydroxylation is 1. The Kier molecular flexibility index (Phi) is 7.60. The first kappa shape index (κ1) is 23.1. The molecule has 3 atom stereocenters. The topological polar surface area (TPSA) is 120 Å². The summed E-state index contributed by atoms with van der Waals surface area (Å²) in [6, 6.07) is 8.32. The average Bonchev–Trinajstić information content (AvgIpc) is 3.32. The molecule has 0 saturated carbocycles. The zero-order chi connectivity index (χ0) is 22.5. The second kappa shape index (κ2) is 10.2. The largest absolute Gasteiger partial charge is 0.391 e. The van der Waals surface area contributed by atoms with Gasteiger partial charge < -0.3 is 23.9 Å². The van der Waals surface area contributed by atoms with Crippen LogP contribution in [0.15, 0.2) is 44.1 Å². The monoisotopic (exact) mass is 439 g/mol. The molecule has 0 spiro atoms. The van der Waals surface area contributed by atoms with E-state index in [1.54, 1.807) is 13.0 Å². The van der Waals surface area contributed by atoms with E-state index in [-0.39, 0.29) is 37.2 Å². The molecular formula is C21H26AlN5O4. The molecule has 9 nitrogen and oxygen atoms in total. The molecule has 162 valence electrons. The lowest BCUT2D eigenvalue weighted by molar-refractivity contribution is -0.141. The van der Waals surface area contributed by atoms with E-state index in [4.69, 9.17) is 4.52 Å². The third-order valence-electron chi connectivity index (χ3n) is 5.30. The van der Waals surface area contributed by atoms with Crippen LogP contribution in [0.25, 0.3) is 0 Å². The summed E-state index contributed by atoms with van der Waals surface area (Å²) in [4.78, 5) is 27.8. The fourth-order valence-electron chi connectivity index (χ4n) is 3.85. The standard InChI is InChI=1S/C21H26N5O4.Al/c1-12(2)19(18-7-13(3)25-30-18)21(29)26-11-16(27)9-17(26)20(28)23-10-14-5-4-6-15(8-14)24-22;/h4-8,12,16-17,19,27H,9-11H2,1-3H3,(H,23,28);/q-1;+1/t16-,17+,19-;/m1./s1. The second-order valence-electron chi connectivity index (χ2n) is 8.09. The number of aromatic nitrogens is 1. The summed E-state index contributed by atoms with van der Waals surface area (Å²) in [7, 11) is 0. The molecule has 2 heterocycles. The van der Waals surface area contributed by atoms with Gasteiger partial charge in [-0.1, -0.05) is 31.1 Å². The number of carbonyl (C=O) groups is 2. The minimum absolute atomic E-state index is 0.0602. The number of aliphatic hydroxyl groups is 1. The van der Waals surface area contributed by atoms with Crippen molar-refractivity contribution in [1.29, 1.82) is 0 Å². The molecule has 1 aliphatic heterocycles. The first-order chi connectivity index (χ1) is 14.8. The van der Waals surface area contributed by atoms with Gasteiger partial charge in [0.2, 0.25) is 11.8 Å². The van der Waals surface area contributed by atoms with E-state index >= 15 is 0 Å². The maximum atomic E-state index is 13.4. The Morgan fingerprint density at radius 3 is 2.81 bits per heavy atom. The van der Waals surface area contributed by atoms with Gasteiger partial charge in [-0.2, -0.15) is 5.11 Å². The lowest BCUT2D eigenvalue weighted by Gasteiger charge is -2.28. The Bertz CT molecular complexity index is 961. The van der Waals surface area contributed by atoms with Gasteiger partial charge in [-0.3, -0.25) is 9.59 Å². The Morgan fingerprint density at radius 1 is 1.39 bits per heavy atom. The van der Waals surface area contributed by atoms with Gasteiger partial charge in [0.25, 0.3) is 0 Å². The Labute approximate surface area is 189 Å². The SMILES string of the molecule is Cc1cc([C@H](C(=O)N2C[C@H](O)C[C@H]2C(=O)NCc2cccc(N=[N][Al])c2)C(C)C)on1. The Balaban J connectivity index is 1.73. The minimum atomic E-state index is -0.755. The number of benzene rings is 1. The highest BCUT2D eigenvalue weighted by atomic mass is 27.1.